The Balaban J connectivity index is 2.10. The van der Waals surface area contributed by atoms with Crippen LogP contribution in [0.3, 0.4) is 0 Å². The van der Waals surface area contributed by atoms with E-state index < -0.39 is 5.97 Å². The molecular formula is C12H10N2O2S. The lowest BCUT2D eigenvalue weighted by Gasteiger charge is -1.96. The minimum Gasteiger partial charge on any atom is -0.476 e. The third-order valence-electron chi connectivity index (χ3n) is 2.72. The molecule has 0 radical (unpaired) electrons. The van der Waals surface area contributed by atoms with Gasteiger partial charge < -0.3 is 5.11 Å². The highest BCUT2D eigenvalue weighted by Crippen LogP contribution is 2.44. The van der Waals surface area contributed by atoms with Crippen LogP contribution < -0.4 is 0 Å². The Morgan fingerprint density at radius 3 is 2.65 bits per heavy atom. The first-order valence-electron chi connectivity index (χ1n) is 5.40. The number of hydrogen-bond acceptors (Lipinski definition) is 4. The number of thiazole rings is 1. The number of rotatable bonds is 3. The fraction of sp³-hybridized carbons (Fsp3) is 0.250. The van der Waals surface area contributed by atoms with Gasteiger partial charge in [-0.3, -0.25) is 4.98 Å². The summed E-state index contributed by atoms with van der Waals surface area (Å²) in [5, 5.41) is 10.1. The van der Waals surface area contributed by atoms with Gasteiger partial charge in [0.15, 0.2) is 5.69 Å². The number of aromatic carboxylic acids is 1. The van der Waals surface area contributed by atoms with Gasteiger partial charge in [-0.05, 0) is 30.5 Å². The molecule has 2 heterocycles. The van der Waals surface area contributed by atoms with Crippen LogP contribution in [-0.4, -0.2) is 21.0 Å². The first kappa shape index (κ1) is 10.4. The molecule has 3 rings (SSSR count). The Bertz CT molecular complexity index is 561. The van der Waals surface area contributed by atoms with Crippen LogP contribution in [0.5, 0.6) is 0 Å². The molecule has 0 atom stereocenters. The van der Waals surface area contributed by atoms with E-state index >= 15 is 0 Å². The average Bonchev–Trinajstić information content (AvgIpc) is 3.09. The summed E-state index contributed by atoms with van der Waals surface area (Å²) in [7, 11) is 0. The number of carbonyl (C=O) groups is 1. The summed E-state index contributed by atoms with van der Waals surface area (Å²) < 4.78 is 0. The van der Waals surface area contributed by atoms with E-state index in [1.165, 1.54) is 11.3 Å². The van der Waals surface area contributed by atoms with E-state index in [1.54, 1.807) is 12.4 Å². The number of aromatic nitrogens is 2. The zero-order valence-electron chi connectivity index (χ0n) is 8.96. The van der Waals surface area contributed by atoms with Gasteiger partial charge in [0.2, 0.25) is 0 Å². The number of pyridine rings is 1. The summed E-state index contributed by atoms with van der Waals surface area (Å²) in [6.45, 7) is 0. The molecule has 0 aliphatic heterocycles. The fourth-order valence-corrected chi connectivity index (χ4v) is 2.92. The van der Waals surface area contributed by atoms with Crippen molar-refractivity contribution in [1.29, 1.82) is 0 Å². The Labute approximate surface area is 102 Å². The average molecular weight is 246 g/mol. The van der Waals surface area contributed by atoms with E-state index in [-0.39, 0.29) is 5.69 Å². The van der Waals surface area contributed by atoms with Crippen molar-refractivity contribution in [2.75, 3.05) is 0 Å². The van der Waals surface area contributed by atoms with E-state index in [2.05, 4.69) is 9.97 Å². The minimum absolute atomic E-state index is 0.170. The first-order valence-corrected chi connectivity index (χ1v) is 6.22. The molecule has 1 fully saturated rings. The predicted molar refractivity (Wildman–Crippen MR) is 64.3 cm³/mol. The van der Waals surface area contributed by atoms with Gasteiger partial charge >= 0.3 is 5.97 Å². The monoisotopic (exact) mass is 246 g/mol. The Morgan fingerprint density at radius 2 is 2.06 bits per heavy atom. The quantitative estimate of drug-likeness (QED) is 0.904. The van der Waals surface area contributed by atoms with Crippen LogP contribution in [0.15, 0.2) is 24.5 Å². The van der Waals surface area contributed by atoms with Crippen molar-refractivity contribution in [2.45, 2.75) is 18.8 Å². The van der Waals surface area contributed by atoms with Gasteiger partial charge in [-0.2, -0.15) is 0 Å². The maximum Gasteiger partial charge on any atom is 0.356 e. The molecular weight excluding hydrogens is 236 g/mol. The third kappa shape index (κ3) is 1.93. The van der Waals surface area contributed by atoms with Crippen molar-refractivity contribution < 1.29 is 9.90 Å². The van der Waals surface area contributed by atoms with Gasteiger partial charge in [0.25, 0.3) is 0 Å². The second-order valence-electron chi connectivity index (χ2n) is 4.05. The molecule has 2 aromatic rings. The van der Waals surface area contributed by atoms with Crippen molar-refractivity contribution in [3.63, 3.8) is 0 Å². The summed E-state index contributed by atoms with van der Waals surface area (Å²) in [5.74, 6) is -0.478. The van der Waals surface area contributed by atoms with Crippen LogP contribution in [0.1, 0.15) is 34.3 Å². The van der Waals surface area contributed by atoms with E-state index in [1.807, 2.05) is 12.1 Å². The van der Waals surface area contributed by atoms with Gasteiger partial charge in [0.05, 0.1) is 9.88 Å². The molecule has 1 aliphatic rings. The molecule has 86 valence electrons. The van der Waals surface area contributed by atoms with Crippen molar-refractivity contribution in [3.8, 4) is 10.4 Å². The van der Waals surface area contributed by atoms with Crippen molar-refractivity contribution >= 4 is 17.3 Å². The molecule has 0 bridgehead atoms. The fourth-order valence-electron chi connectivity index (χ4n) is 1.69. The van der Waals surface area contributed by atoms with Gasteiger partial charge in [-0.1, -0.05) is 0 Å². The summed E-state index contributed by atoms with van der Waals surface area (Å²) in [5.41, 5.74) is 1.05. The summed E-state index contributed by atoms with van der Waals surface area (Å²) >= 11 is 1.49. The van der Waals surface area contributed by atoms with E-state index in [4.69, 9.17) is 0 Å². The standard InChI is InChI=1S/C12H10N2O2S/c15-12(16)9-10(7-3-5-13-6-4-7)17-11(14-9)8-1-2-8/h3-6,8H,1-2H2,(H,15,16). The van der Waals surface area contributed by atoms with Crippen LogP contribution in [0, 0.1) is 0 Å². The molecule has 0 amide bonds. The number of carboxylic acid groups (broad SMARTS) is 1. The highest BCUT2D eigenvalue weighted by Gasteiger charge is 2.30. The molecule has 0 saturated heterocycles. The molecule has 4 nitrogen and oxygen atoms in total. The van der Waals surface area contributed by atoms with Crippen LogP contribution in [-0.2, 0) is 0 Å². The molecule has 0 spiro atoms. The minimum atomic E-state index is -0.958. The lowest BCUT2D eigenvalue weighted by atomic mass is 10.2. The molecule has 17 heavy (non-hydrogen) atoms. The summed E-state index contributed by atoms with van der Waals surface area (Å²) in [6, 6.07) is 3.63. The summed E-state index contributed by atoms with van der Waals surface area (Å²) in [6.07, 6.45) is 5.58. The largest absolute Gasteiger partial charge is 0.476 e. The Morgan fingerprint density at radius 1 is 1.35 bits per heavy atom. The summed E-state index contributed by atoms with van der Waals surface area (Å²) in [4.78, 5) is 20.1. The zero-order chi connectivity index (χ0) is 11.8. The van der Waals surface area contributed by atoms with E-state index in [0.29, 0.717) is 5.92 Å². The normalized spacial score (nSPS) is 14.8. The van der Waals surface area contributed by atoms with Crippen LogP contribution in [0.4, 0.5) is 0 Å². The van der Waals surface area contributed by atoms with Crippen LogP contribution in [0.2, 0.25) is 0 Å². The zero-order valence-corrected chi connectivity index (χ0v) is 9.78. The van der Waals surface area contributed by atoms with E-state index in [9.17, 15) is 9.90 Å². The Kier molecular flexibility index (Phi) is 2.40. The molecule has 1 aliphatic carbocycles. The molecule has 2 aromatic heterocycles. The molecule has 0 aromatic carbocycles. The maximum absolute atomic E-state index is 11.2. The van der Waals surface area contributed by atoms with Gasteiger partial charge in [-0.15, -0.1) is 11.3 Å². The highest BCUT2D eigenvalue weighted by atomic mass is 32.1. The van der Waals surface area contributed by atoms with Gasteiger partial charge in [0.1, 0.15) is 0 Å². The SMILES string of the molecule is O=C(O)c1nc(C2CC2)sc1-c1ccncc1. The maximum atomic E-state index is 11.2. The lowest BCUT2D eigenvalue weighted by Crippen LogP contribution is -1.99. The van der Waals surface area contributed by atoms with Crippen molar-refractivity contribution in [1.82, 2.24) is 9.97 Å². The topological polar surface area (TPSA) is 63.1 Å². The highest BCUT2D eigenvalue weighted by molar-refractivity contribution is 7.15. The molecule has 1 N–H and O–H groups in total. The van der Waals surface area contributed by atoms with Crippen LogP contribution in [0.25, 0.3) is 10.4 Å². The first-order chi connectivity index (χ1) is 8.25. The molecule has 5 heteroatoms. The second-order valence-corrected chi connectivity index (χ2v) is 5.08. The van der Waals surface area contributed by atoms with E-state index in [0.717, 1.165) is 28.3 Å². The van der Waals surface area contributed by atoms with Gasteiger partial charge in [-0.25, -0.2) is 9.78 Å². The molecule has 0 unspecified atom stereocenters. The van der Waals surface area contributed by atoms with Crippen molar-refractivity contribution in [2.24, 2.45) is 0 Å². The molecule has 1 saturated carbocycles. The third-order valence-corrected chi connectivity index (χ3v) is 3.98. The van der Waals surface area contributed by atoms with Gasteiger partial charge in [0, 0.05) is 18.3 Å². The van der Waals surface area contributed by atoms with Crippen molar-refractivity contribution in [3.05, 3.63) is 35.2 Å². The number of nitrogens with zero attached hydrogens (tertiary/aromatic N) is 2. The predicted octanol–water partition coefficient (Wildman–Crippen LogP) is 2.78. The number of hydrogen-bond donors (Lipinski definition) is 1. The van der Waals surface area contributed by atoms with Crippen LogP contribution >= 0.6 is 11.3 Å². The Hall–Kier alpha value is -1.75. The number of carboxylic acids is 1. The smallest absolute Gasteiger partial charge is 0.356 e. The lowest BCUT2D eigenvalue weighted by molar-refractivity contribution is 0.0692. The second kappa shape index (κ2) is 3.92.